The third-order valence-corrected chi connectivity index (χ3v) is 10.5. The number of esters is 3. The lowest BCUT2D eigenvalue weighted by molar-refractivity contribution is -0.167. The summed E-state index contributed by atoms with van der Waals surface area (Å²) in [6.07, 6.45) is 69.3. The van der Waals surface area contributed by atoms with Gasteiger partial charge >= 0.3 is 17.9 Å². The fourth-order valence-corrected chi connectivity index (χ4v) is 6.63. The molecule has 0 spiro atoms. The average Bonchev–Trinajstić information content (AvgIpc) is 3.29. The average molecular weight is 887 g/mol. The number of hydrogen-bond acceptors (Lipinski definition) is 6. The van der Waals surface area contributed by atoms with Gasteiger partial charge in [0, 0.05) is 19.3 Å². The lowest BCUT2D eigenvalue weighted by atomic mass is 10.1. The molecule has 0 saturated carbocycles. The van der Waals surface area contributed by atoms with Crippen molar-refractivity contribution < 1.29 is 28.6 Å². The molecule has 0 aliphatic rings. The molecule has 0 N–H and O–H groups in total. The lowest BCUT2D eigenvalue weighted by Crippen LogP contribution is -2.30. The third kappa shape index (κ3) is 49.1. The summed E-state index contributed by atoms with van der Waals surface area (Å²) < 4.78 is 16.7. The Bertz CT molecular complexity index is 1340. The largest absolute Gasteiger partial charge is 0.462 e. The summed E-state index contributed by atoms with van der Waals surface area (Å²) in [7, 11) is 0. The van der Waals surface area contributed by atoms with Crippen LogP contribution in [0.5, 0.6) is 0 Å². The van der Waals surface area contributed by atoms with E-state index in [9.17, 15) is 14.4 Å². The second-order valence-corrected chi connectivity index (χ2v) is 16.7. The van der Waals surface area contributed by atoms with Crippen LogP contribution in [-0.4, -0.2) is 37.2 Å². The van der Waals surface area contributed by atoms with Gasteiger partial charge in [-0.25, -0.2) is 0 Å². The predicted molar refractivity (Wildman–Crippen MR) is 274 cm³/mol. The van der Waals surface area contributed by atoms with Gasteiger partial charge < -0.3 is 14.2 Å². The highest BCUT2D eigenvalue weighted by molar-refractivity contribution is 5.71. The summed E-state index contributed by atoms with van der Waals surface area (Å²) in [6.45, 7) is 6.38. The molecule has 0 amide bonds. The third-order valence-electron chi connectivity index (χ3n) is 10.5. The number of ether oxygens (including phenoxy) is 3. The first-order valence-corrected chi connectivity index (χ1v) is 25.9. The van der Waals surface area contributed by atoms with E-state index >= 15 is 0 Å². The topological polar surface area (TPSA) is 78.9 Å². The van der Waals surface area contributed by atoms with Crippen molar-refractivity contribution in [3.05, 3.63) is 109 Å². The van der Waals surface area contributed by atoms with E-state index in [4.69, 9.17) is 14.2 Å². The molecule has 64 heavy (non-hydrogen) atoms. The maximum absolute atomic E-state index is 12.8. The second kappa shape index (κ2) is 51.7. The van der Waals surface area contributed by atoms with Crippen molar-refractivity contribution in [3.63, 3.8) is 0 Å². The summed E-state index contributed by atoms with van der Waals surface area (Å²) in [5.74, 6) is -1.01. The molecule has 0 fully saturated rings. The minimum Gasteiger partial charge on any atom is -0.462 e. The summed E-state index contributed by atoms with van der Waals surface area (Å²) in [5, 5.41) is 0. The number of unbranched alkanes of at least 4 members (excludes halogenated alkanes) is 18. The molecule has 0 rings (SSSR count). The van der Waals surface area contributed by atoms with Crippen LogP contribution in [-0.2, 0) is 28.6 Å². The molecule has 6 heteroatoms. The first-order valence-electron chi connectivity index (χ1n) is 25.9. The summed E-state index contributed by atoms with van der Waals surface area (Å²) in [5.41, 5.74) is 0. The van der Waals surface area contributed by atoms with Crippen molar-refractivity contribution in [3.8, 4) is 0 Å². The van der Waals surface area contributed by atoms with Crippen molar-refractivity contribution in [2.75, 3.05) is 13.2 Å². The van der Waals surface area contributed by atoms with Crippen LogP contribution in [0.1, 0.15) is 220 Å². The van der Waals surface area contributed by atoms with E-state index in [2.05, 4.69) is 130 Å². The first-order chi connectivity index (χ1) is 31.5. The molecule has 0 aromatic heterocycles. The van der Waals surface area contributed by atoms with E-state index in [1.807, 2.05) is 0 Å². The van der Waals surface area contributed by atoms with Gasteiger partial charge in [-0.2, -0.15) is 0 Å². The fraction of sp³-hybridized carbons (Fsp3) is 0.638. The summed E-state index contributed by atoms with van der Waals surface area (Å²) >= 11 is 0. The molecule has 0 aromatic carbocycles. The standard InChI is InChI=1S/C58H94O6/c1-4-7-10-13-16-19-22-24-26-28-30-31-33-36-39-42-45-48-51-57(60)63-54-55(53-62-56(59)50-47-44-41-38-35-21-18-15-12-9-6-3)64-58(61)52-49-46-43-40-37-34-32-29-27-25-23-20-17-14-11-8-5-2/h8,11,15,17-18,20,22,24-28,30-32,34,40,43,55H,4-7,9-10,12-14,16,19,21,23,29,33,35-39,41-42,44-54H2,1-3H3/b11-8-,18-15-,20-17-,24-22-,27-25-,28-26-,31-30-,34-32-,43-40-. The molecule has 6 nitrogen and oxygen atoms in total. The molecule has 0 aromatic rings. The van der Waals surface area contributed by atoms with E-state index in [1.165, 1.54) is 57.8 Å². The molecule has 0 radical (unpaired) electrons. The fourth-order valence-electron chi connectivity index (χ4n) is 6.63. The molecule has 362 valence electrons. The molecule has 1 atom stereocenters. The van der Waals surface area contributed by atoms with Gasteiger partial charge in [-0.3, -0.25) is 14.4 Å². The normalized spacial score (nSPS) is 13.0. The number of allylic oxidation sites excluding steroid dienone is 18. The zero-order chi connectivity index (χ0) is 46.5. The zero-order valence-electron chi connectivity index (χ0n) is 41.3. The van der Waals surface area contributed by atoms with Crippen molar-refractivity contribution in [2.45, 2.75) is 226 Å². The highest BCUT2D eigenvalue weighted by Gasteiger charge is 2.19. The van der Waals surface area contributed by atoms with Crippen LogP contribution in [0.3, 0.4) is 0 Å². The van der Waals surface area contributed by atoms with Crippen LogP contribution in [0.25, 0.3) is 0 Å². The Morgan fingerprint density at radius 1 is 0.344 bits per heavy atom. The number of hydrogen-bond donors (Lipinski definition) is 0. The molecule has 1 unspecified atom stereocenters. The van der Waals surface area contributed by atoms with Crippen molar-refractivity contribution in [2.24, 2.45) is 0 Å². The molecular formula is C58H94O6. The van der Waals surface area contributed by atoms with E-state index < -0.39 is 6.10 Å². The van der Waals surface area contributed by atoms with Crippen molar-refractivity contribution >= 4 is 17.9 Å². The van der Waals surface area contributed by atoms with Gasteiger partial charge in [0.05, 0.1) is 0 Å². The van der Waals surface area contributed by atoms with E-state index in [0.29, 0.717) is 19.3 Å². The van der Waals surface area contributed by atoms with Crippen LogP contribution in [0, 0.1) is 0 Å². The van der Waals surface area contributed by atoms with Gasteiger partial charge in [-0.15, -0.1) is 0 Å². The minimum atomic E-state index is -0.821. The van der Waals surface area contributed by atoms with Gasteiger partial charge in [0.25, 0.3) is 0 Å². The predicted octanol–water partition coefficient (Wildman–Crippen LogP) is 17.1. The van der Waals surface area contributed by atoms with Crippen LogP contribution < -0.4 is 0 Å². The Morgan fingerprint density at radius 3 is 1.19 bits per heavy atom. The molecular weight excluding hydrogens is 793 g/mol. The number of carbonyl (C=O) groups is 3. The Hall–Kier alpha value is -3.93. The zero-order valence-corrected chi connectivity index (χ0v) is 41.3. The van der Waals surface area contributed by atoms with Crippen molar-refractivity contribution in [1.29, 1.82) is 0 Å². The summed E-state index contributed by atoms with van der Waals surface area (Å²) in [6, 6.07) is 0. The van der Waals surface area contributed by atoms with E-state index in [0.717, 1.165) is 116 Å². The second-order valence-electron chi connectivity index (χ2n) is 16.7. The SMILES string of the molecule is CC/C=C\C/C=C\C/C=C\C/C=C\C/C=C\CCCC(=O)OC(COC(=O)CCCCCCC\C=C/C=C\C=C/CCCCCCC)COC(=O)CCCCCCC/C=C\CCCC. The van der Waals surface area contributed by atoms with Crippen LogP contribution in [0.15, 0.2) is 109 Å². The molecule has 0 heterocycles. The Morgan fingerprint density at radius 2 is 0.703 bits per heavy atom. The smallest absolute Gasteiger partial charge is 0.306 e. The molecule has 0 aliphatic carbocycles. The monoisotopic (exact) mass is 887 g/mol. The Kier molecular flexibility index (Phi) is 48.5. The van der Waals surface area contributed by atoms with E-state index in [-0.39, 0.29) is 37.5 Å². The maximum atomic E-state index is 12.8. The Balaban J connectivity index is 4.53. The minimum absolute atomic E-state index is 0.114. The Labute approximate surface area is 393 Å². The highest BCUT2D eigenvalue weighted by Crippen LogP contribution is 2.12. The quantitative estimate of drug-likeness (QED) is 0.0199. The van der Waals surface area contributed by atoms with Crippen molar-refractivity contribution in [1.82, 2.24) is 0 Å². The summed E-state index contributed by atoms with van der Waals surface area (Å²) in [4.78, 5) is 37.9. The van der Waals surface area contributed by atoms with Gasteiger partial charge in [0.15, 0.2) is 6.10 Å². The molecule has 0 saturated heterocycles. The van der Waals surface area contributed by atoms with Crippen LogP contribution in [0.2, 0.25) is 0 Å². The number of rotatable bonds is 45. The van der Waals surface area contributed by atoms with Gasteiger partial charge in [0.1, 0.15) is 13.2 Å². The van der Waals surface area contributed by atoms with E-state index in [1.54, 1.807) is 0 Å². The number of carbonyl (C=O) groups excluding carboxylic acids is 3. The first kappa shape index (κ1) is 60.1. The van der Waals surface area contributed by atoms with Gasteiger partial charge in [0.2, 0.25) is 0 Å². The maximum Gasteiger partial charge on any atom is 0.306 e. The van der Waals surface area contributed by atoms with Crippen LogP contribution in [0.4, 0.5) is 0 Å². The van der Waals surface area contributed by atoms with Gasteiger partial charge in [-0.1, -0.05) is 207 Å². The van der Waals surface area contributed by atoms with Crippen LogP contribution >= 0.6 is 0 Å². The highest BCUT2D eigenvalue weighted by atomic mass is 16.6. The van der Waals surface area contributed by atoms with Gasteiger partial charge in [-0.05, 0) is 103 Å². The molecule has 0 bridgehead atoms. The molecule has 0 aliphatic heterocycles. The lowest BCUT2D eigenvalue weighted by Gasteiger charge is -2.18.